The normalized spacial score (nSPS) is 16.3. The summed E-state index contributed by atoms with van der Waals surface area (Å²) in [6.07, 6.45) is 5.05. The van der Waals surface area contributed by atoms with E-state index in [0.29, 0.717) is 19.5 Å². The number of hydrogen-bond acceptors (Lipinski definition) is 2. The lowest BCUT2D eigenvalue weighted by Crippen LogP contribution is -2.43. The predicted octanol–water partition coefficient (Wildman–Crippen LogP) is 3.25. The Labute approximate surface area is 128 Å². The minimum absolute atomic E-state index is 0.0936. The molecule has 0 aliphatic heterocycles. The second-order valence-electron chi connectivity index (χ2n) is 6.54. The van der Waals surface area contributed by atoms with Gasteiger partial charge in [0.1, 0.15) is 0 Å². The largest absolute Gasteiger partial charge is 0.338 e. The van der Waals surface area contributed by atoms with Gasteiger partial charge in [-0.3, -0.25) is 4.79 Å². The molecule has 0 radical (unpaired) electrons. The van der Waals surface area contributed by atoms with E-state index >= 15 is 0 Å². The molecule has 1 fully saturated rings. The number of nitrogens with zero attached hydrogens (tertiary/aromatic N) is 1. The van der Waals surface area contributed by atoms with Crippen molar-refractivity contribution in [2.24, 2.45) is 11.1 Å². The van der Waals surface area contributed by atoms with Crippen LogP contribution in [0.2, 0.25) is 0 Å². The third-order valence-electron chi connectivity index (χ3n) is 4.71. The number of aryl methyl sites for hydroxylation is 1. The molecule has 0 aromatic heterocycles. The summed E-state index contributed by atoms with van der Waals surface area (Å²) in [4.78, 5) is 14.6. The summed E-state index contributed by atoms with van der Waals surface area (Å²) in [6, 6.07) is 8.45. The maximum absolute atomic E-state index is 12.6. The van der Waals surface area contributed by atoms with Crippen molar-refractivity contribution in [2.75, 3.05) is 13.1 Å². The van der Waals surface area contributed by atoms with Crippen LogP contribution in [-0.4, -0.2) is 23.9 Å². The standard InChI is InChI=1S/C18H28N2O/c1-3-11-20(13-16-7-5-15(2)6-8-16)17(21)12-18(14-19)9-4-10-18/h5-8H,3-4,9-14,19H2,1-2H3. The van der Waals surface area contributed by atoms with Gasteiger partial charge in [0.05, 0.1) is 0 Å². The lowest BCUT2D eigenvalue weighted by molar-refractivity contribution is -0.135. The molecule has 1 aliphatic carbocycles. The predicted molar refractivity (Wildman–Crippen MR) is 86.8 cm³/mol. The Morgan fingerprint density at radius 3 is 2.43 bits per heavy atom. The summed E-state index contributed by atoms with van der Waals surface area (Å²) < 4.78 is 0. The van der Waals surface area contributed by atoms with E-state index in [-0.39, 0.29) is 11.3 Å². The third-order valence-corrected chi connectivity index (χ3v) is 4.71. The van der Waals surface area contributed by atoms with Gasteiger partial charge in [-0.1, -0.05) is 43.2 Å². The number of carbonyl (C=O) groups is 1. The second kappa shape index (κ2) is 7.08. The molecule has 0 saturated heterocycles. The Balaban J connectivity index is 2.00. The first-order valence-corrected chi connectivity index (χ1v) is 8.12. The minimum atomic E-state index is 0.0936. The van der Waals surface area contributed by atoms with E-state index in [0.717, 1.165) is 25.8 Å². The fraction of sp³-hybridized carbons (Fsp3) is 0.611. The third kappa shape index (κ3) is 4.07. The van der Waals surface area contributed by atoms with Crippen LogP contribution in [0.1, 0.15) is 50.2 Å². The lowest BCUT2D eigenvalue weighted by atomic mass is 9.66. The van der Waals surface area contributed by atoms with Crippen LogP contribution in [0.4, 0.5) is 0 Å². The fourth-order valence-electron chi connectivity index (χ4n) is 3.04. The van der Waals surface area contributed by atoms with Crippen molar-refractivity contribution >= 4 is 5.91 Å². The molecule has 3 heteroatoms. The molecule has 3 nitrogen and oxygen atoms in total. The lowest BCUT2D eigenvalue weighted by Gasteiger charge is -2.41. The van der Waals surface area contributed by atoms with E-state index in [1.165, 1.54) is 17.5 Å². The molecule has 1 saturated carbocycles. The summed E-state index contributed by atoms with van der Waals surface area (Å²) in [7, 11) is 0. The van der Waals surface area contributed by atoms with Gasteiger partial charge in [-0.15, -0.1) is 0 Å². The Bertz CT molecular complexity index is 457. The zero-order chi connectivity index (χ0) is 15.3. The Hall–Kier alpha value is -1.35. The van der Waals surface area contributed by atoms with E-state index in [4.69, 9.17) is 5.73 Å². The smallest absolute Gasteiger partial charge is 0.223 e. The summed E-state index contributed by atoms with van der Waals surface area (Å²) in [6.45, 7) is 6.39. The average molecular weight is 288 g/mol. The van der Waals surface area contributed by atoms with Crippen LogP contribution < -0.4 is 5.73 Å². The number of amides is 1. The zero-order valence-corrected chi connectivity index (χ0v) is 13.4. The monoisotopic (exact) mass is 288 g/mol. The first-order chi connectivity index (χ1) is 10.1. The van der Waals surface area contributed by atoms with Crippen molar-refractivity contribution in [1.29, 1.82) is 0 Å². The summed E-state index contributed by atoms with van der Waals surface area (Å²) in [5.74, 6) is 0.266. The number of rotatable bonds is 7. The molecule has 2 N–H and O–H groups in total. The summed E-state index contributed by atoms with van der Waals surface area (Å²) >= 11 is 0. The quantitative estimate of drug-likeness (QED) is 0.837. The van der Waals surface area contributed by atoms with Crippen LogP contribution in [-0.2, 0) is 11.3 Å². The van der Waals surface area contributed by atoms with Crippen LogP contribution in [0.15, 0.2) is 24.3 Å². The maximum Gasteiger partial charge on any atom is 0.223 e. The zero-order valence-electron chi connectivity index (χ0n) is 13.4. The van der Waals surface area contributed by atoms with E-state index < -0.39 is 0 Å². The van der Waals surface area contributed by atoms with Crippen LogP contribution in [0, 0.1) is 12.3 Å². The Morgan fingerprint density at radius 2 is 1.95 bits per heavy atom. The molecule has 116 valence electrons. The molecule has 1 amide bonds. The maximum atomic E-state index is 12.6. The van der Waals surface area contributed by atoms with Gasteiger partial charge < -0.3 is 10.6 Å². The molecule has 1 aromatic rings. The molecular weight excluding hydrogens is 260 g/mol. The van der Waals surface area contributed by atoms with Gasteiger partial charge in [0.15, 0.2) is 0 Å². The molecular formula is C18H28N2O. The molecule has 0 heterocycles. The van der Waals surface area contributed by atoms with Crippen LogP contribution in [0.25, 0.3) is 0 Å². The van der Waals surface area contributed by atoms with Crippen molar-refractivity contribution in [3.63, 3.8) is 0 Å². The van der Waals surface area contributed by atoms with Crippen molar-refractivity contribution in [3.8, 4) is 0 Å². The van der Waals surface area contributed by atoms with Crippen LogP contribution in [0.5, 0.6) is 0 Å². The van der Waals surface area contributed by atoms with Crippen LogP contribution >= 0.6 is 0 Å². The molecule has 0 unspecified atom stereocenters. The van der Waals surface area contributed by atoms with Crippen molar-refractivity contribution in [1.82, 2.24) is 4.90 Å². The van der Waals surface area contributed by atoms with Crippen molar-refractivity contribution in [3.05, 3.63) is 35.4 Å². The van der Waals surface area contributed by atoms with Gasteiger partial charge in [0.25, 0.3) is 0 Å². The van der Waals surface area contributed by atoms with E-state index in [9.17, 15) is 4.79 Å². The minimum Gasteiger partial charge on any atom is -0.338 e. The Morgan fingerprint density at radius 1 is 1.29 bits per heavy atom. The van der Waals surface area contributed by atoms with Gasteiger partial charge in [0.2, 0.25) is 5.91 Å². The van der Waals surface area contributed by atoms with Crippen molar-refractivity contribution < 1.29 is 4.79 Å². The van der Waals surface area contributed by atoms with E-state index in [1.807, 2.05) is 4.90 Å². The van der Waals surface area contributed by atoms with Crippen LogP contribution in [0.3, 0.4) is 0 Å². The fourth-order valence-corrected chi connectivity index (χ4v) is 3.04. The van der Waals surface area contributed by atoms with Gasteiger partial charge in [0, 0.05) is 19.5 Å². The number of hydrogen-bond donors (Lipinski definition) is 1. The molecule has 0 bridgehead atoms. The highest BCUT2D eigenvalue weighted by atomic mass is 16.2. The van der Waals surface area contributed by atoms with Gasteiger partial charge >= 0.3 is 0 Å². The molecule has 1 aromatic carbocycles. The topological polar surface area (TPSA) is 46.3 Å². The molecule has 0 atom stereocenters. The van der Waals surface area contributed by atoms with Crippen molar-refractivity contribution in [2.45, 2.75) is 52.5 Å². The highest BCUT2D eigenvalue weighted by Crippen LogP contribution is 2.43. The van der Waals surface area contributed by atoms with Gasteiger partial charge in [-0.2, -0.15) is 0 Å². The van der Waals surface area contributed by atoms with E-state index in [2.05, 4.69) is 38.1 Å². The number of benzene rings is 1. The highest BCUT2D eigenvalue weighted by Gasteiger charge is 2.38. The van der Waals surface area contributed by atoms with E-state index in [1.54, 1.807) is 0 Å². The molecule has 0 spiro atoms. The Kier molecular flexibility index (Phi) is 5.40. The molecule has 2 rings (SSSR count). The number of nitrogens with two attached hydrogens (primary N) is 1. The van der Waals surface area contributed by atoms with Gasteiger partial charge in [-0.25, -0.2) is 0 Å². The first kappa shape index (κ1) is 16.0. The highest BCUT2D eigenvalue weighted by molar-refractivity contribution is 5.77. The number of carbonyl (C=O) groups excluding carboxylic acids is 1. The SMILES string of the molecule is CCCN(Cc1ccc(C)cc1)C(=O)CC1(CN)CCC1. The first-order valence-electron chi connectivity index (χ1n) is 8.12. The second-order valence-corrected chi connectivity index (χ2v) is 6.54. The molecule has 21 heavy (non-hydrogen) atoms. The van der Waals surface area contributed by atoms with Gasteiger partial charge in [-0.05, 0) is 43.7 Å². The summed E-state index contributed by atoms with van der Waals surface area (Å²) in [5, 5.41) is 0. The summed E-state index contributed by atoms with van der Waals surface area (Å²) in [5.41, 5.74) is 8.44. The average Bonchev–Trinajstić information content (AvgIpc) is 2.44. The molecule has 1 aliphatic rings.